The van der Waals surface area contributed by atoms with Gasteiger partial charge in [0.25, 0.3) is 0 Å². The number of aryl methyl sites for hydroxylation is 1. The molecule has 17 heavy (non-hydrogen) atoms. The van der Waals surface area contributed by atoms with Crippen LogP contribution in [0.15, 0.2) is 24.3 Å². The van der Waals surface area contributed by atoms with Crippen molar-refractivity contribution in [3.8, 4) is 0 Å². The van der Waals surface area contributed by atoms with Gasteiger partial charge in [-0.2, -0.15) is 8.78 Å². The molecular formula is C12H12F2O3. The van der Waals surface area contributed by atoms with E-state index in [0.717, 1.165) is 0 Å². The van der Waals surface area contributed by atoms with Crippen LogP contribution in [0.25, 0.3) is 0 Å². The molecule has 0 amide bonds. The van der Waals surface area contributed by atoms with E-state index in [1.54, 1.807) is 13.0 Å². The van der Waals surface area contributed by atoms with Crippen LogP contribution < -0.4 is 0 Å². The van der Waals surface area contributed by atoms with Crippen LogP contribution in [0.3, 0.4) is 0 Å². The first kappa shape index (κ1) is 13.3. The highest BCUT2D eigenvalue weighted by atomic mass is 19.3. The highest BCUT2D eigenvalue weighted by Crippen LogP contribution is 2.22. The highest BCUT2D eigenvalue weighted by molar-refractivity contribution is 6.13. The number of rotatable bonds is 4. The summed E-state index contributed by atoms with van der Waals surface area (Å²) in [5, 5.41) is 0. The van der Waals surface area contributed by atoms with Gasteiger partial charge in [0.15, 0.2) is 0 Å². The SMILES string of the molecule is CCOC(=O)C(F)(F)C(=O)c1cccc(C)c1. The number of carbonyl (C=O) groups excluding carboxylic acids is 2. The van der Waals surface area contributed by atoms with Crippen LogP contribution in [0.4, 0.5) is 8.78 Å². The average Bonchev–Trinajstić information content (AvgIpc) is 2.28. The molecule has 0 aliphatic heterocycles. The molecular weight excluding hydrogens is 230 g/mol. The minimum absolute atomic E-state index is 0.199. The van der Waals surface area contributed by atoms with Crippen LogP contribution in [-0.4, -0.2) is 24.3 Å². The Morgan fingerprint density at radius 1 is 1.35 bits per heavy atom. The third-order valence-corrected chi connectivity index (χ3v) is 2.10. The summed E-state index contributed by atoms with van der Waals surface area (Å²) >= 11 is 0. The summed E-state index contributed by atoms with van der Waals surface area (Å²) in [6, 6.07) is 5.68. The molecule has 0 unspecified atom stereocenters. The number of benzene rings is 1. The van der Waals surface area contributed by atoms with Gasteiger partial charge in [0.05, 0.1) is 6.61 Å². The maximum atomic E-state index is 13.4. The molecule has 5 heteroatoms. The van der Waals surface area contributed by atoms with Gasteiger partial charge in [-0.15, -0.1) is 0 Å². The van der Waals surface area contributed by atoms with Gasteiger partial charge in [-0.1, -0.05) is 23.8 Å². The lowest BCUT2D eigenvalue weighted by molar-refractivity contribution is -0.164. The Balaban J connectivity index is 3.00. The van der Waals surface area contributed by atoms with Crippen molar-refractivity contribution in [3.63, 3.8) is 0 Å². The average molecular weight is 242 g/mol. The van der Waals surface area contributed by atoms with Crippen LogP contribution in [0.1, 0.15) is 22.8 Å². The first-order valence-corrected chi connectivity index (χ1v) is 5.06. The van der Waals surface area contributed by atoms with Crippen molar-refractivity contribution >= 4 is 11.8 Å². The van der Waals surface area contributed by atoms with E-state index >= 15 is 0 Å². The van der Waals surface area contributed by atoms with Crippen LogP contribution in [-0.2, 0) is 9.53 Å². The standard InChI is InChI=1S/C12H12F2O3/c1-3-17-11(16)12(13,14)10(15)9-6-4-5-8(2)7-9/h4-7H,3H2,1-2H3. The molecule has 0 aliphatic rings. The molecule has 3 nitrogen and oxygen atoms in total. The molecule has 0 heterocycles. The Morgan fingerprint density at radius 3 is 2.53 bits per heavy atom. The van der Waals surface area contributed by atoms with Crippen molar-refractivity contribution in [1.82, 2.24) is 0 Å². The Kier molecular flexibility index (Phi) is 3.93. The number of halogens is 2. The molecule has 1 aromatic rings. The van der Waals surface area contributed by atoms with Gasteiger partial charge < -0.3 is 4.74 Å². The van der Waals surface area contributed by atoms with Crippen molar-refractivity contribution in [3.05, 3.63) is 35.4 Å². The van der Waals surface area contributed by atoms with Crippen molar-refractivity contribution < 1.29 is 23.1 Å². The third kappa shape index (κ3) is 2.87. The molecule has 0 aliphatic carbocycles. The lowest BCUT2D eigenvalue weighted by Gasteiger charge is -2.13. The quantitative estimate of drug-likeness (QED) is 0.462. The normalized spacial score (nSPS) is 11.1. The van der Waals surface area contributed by atoms with Crippen LogP contribution in [0.5, 0.6) is 0 Å². The lowest BCUT2D eigenvalue weighted by Crippen LogP contribution is -2.39. The summed E-state index contributed by atoms with van der Waals surface area (Å²) in [6.45, 7) is 2.86. The molecule has 0 spiro atoms. The molecule has 92 valence electrons. The zero-order chi connectivity index (χ0) is 13.1. The number of ketones is 1. The van der Waals surface area contributed by atoms with E-state index in [0.29, 0.717) is 5.56 Å². The van der Waals surface area contributed by atoms with Gasteiger partial charge in [-0.25, -0.2) is 4.79 Å². The summed E-state index contributed by atoms with van der Waals surface area (Å²) in [5.74, 6) is -7.49. The van der Waals surface area contributed by atoms with E-state index in [4.69, 9.17) is 0 Å². The number of hydrogen-bond donors (Lipinski definition) is 0. The smallest absolute Gasteiger partial charge is 0.404 e. The second-order valence-corrected chi connectivity index (χ2v) is 3.49. The molecule has 0 fully saturated rings. The van der Waals surface area contributed by atoms with E-state index in [9.17, 15) is 18.4 Å². The summed E-state index contributed by atoms with van der Waals surface area (Å²) in [7, 11) is 0. The number of carbonyl (C=O) groups is 2. The maximum Gasteiger partial charge on any atom is 0.404 e. The number of ether oxygens (including phenoxy) is 1. The zero-order valence-corrected chi connectivity index (χ0v) is 9.50. The molecule has 0 atom stereocenters. The zero-order valence-electron chi connectivity index (χ0n) is 9.50. The first-order valence-electron chi connectivity index (χ1n) is 5.06. The third-order valence-electron chi connectivity index (χ3n) is 2.10. The number of alkyl halides is 2. The van der Waals surface area contributed by atoms with Crippen molar-refractivity contribution in [2.75, 3.05) is 6.61 Å². The van der Waals surface area contributed by atoms with Crippen LogP contribution >= 0.6 is 0 Å². The molecule has 0 radical (unpaired) electrons. The molecule has 0 aromatic heterocycles. The summed E-state index contributed by atoms with van der Waals surface area (Å²) in [4.78, 5) is 22.5. The van der Waals surface area contributed by atoms with Gasteiger partial charge in [-0.3, -0.25) is 4.79 Å². The van der Waals surface area contributed by atoms with E-state index in [1.807, 2.05) is 0 Å². The molecule has 1 aromatic carbocycles. The summed E-state index contributed by atoms with van der Waals surface area (Å²) in [5.41, 5.74) is 0.457. The fourth-order valence-corrected chi connectivity index (χ4v) is 1.28. The molecule has 0 bridgehead atoms. The van der Waals surface area contributed by atoms with E-state index in [-0.39, 0.29) is 12.2 Å². The van der Waals surface area contributed by atoms with Crippen LogP contribution in [0.2, 0.25) is 0 Å². The van der Waals surface area contributed by atoms with Gasteiger partial charge in [-0.05, 0) is 19.9 Å². The van der Waals surface area contributed by atoms with Gasteiger partial charge in [0.2, 0.25) is 5.78 Å². The summed E-state index contributed by atoms with van der Waals surface area (Å²) < 4.78 is 31.0. The number of esters is 1. The second kappa shape index (κ2) is 5.03. The minimum atomic E-state index is -4.14. The Hall–Kier alpha value is -1.78. The molecule has 0 saturated carbocycles. The Morgan fingerprint density at radius 2 is 2.00 bits per heavy atom. The van der Waals surface area contributed by atoms with Gasteiger partial charge in [0, 0.05) is 5.56 Å². The first-order chi connectivity index (χ1) is 7.89. The van der Waals surface area contributed by atoms with Gasteiger partial charge in [0.1, 0.15) is 0 Å². The second-order valence-electron chi connectivity index (χ2n) is 3.49. The minimum Gasteiger partial charge on any atom is -0.461 e. The largest absolute Gasteiger partial charge is 0.461 e. The monoisotopic (exact) mass is 242 g/mol. The Labute approximate surface area is 97.4 Å². The van der Waals surface area contributed by atoms with Gasteiger partial charge >= 0.3 is 11.9 Å². The van der Waals surface area contributed by atoms with E-state index in [2.05, 4.69) is 4.74 Å². The summed E-state index contributed by atoms with van der Waals surface area (Å²) in [6.07, 6.45) is 0. The Bertz CT molecular complexity index is 441. The predicted molar refractivity (Wildman–Crippen MR) is 57.1 cm³/mol. The fourth-order valence-electron chi connectivity index (χ4n) is 1.28. The van der Waals surface area contributed by atoms with E-state index < -0.39 is 17.7 Å². The number of hydrogen-bond acceptors (Lipinski definition) is 3. The highest BCUT2D eigenvalue weighted by Gasteiger charge is 2.49. The predicted octanol–water partition coefficient (Wildman–Crippen LogP) is 2.38. The maximum absolute atomic E-state index is 13.4. The lowest BCUT2D eigenvalue weighted by atomic mass is 10.0. The fraction of sp³-hybridized carbons (Fsp3) is 0.333. The van der Waals surface area contributed by atoms with Crippen molar-refractivity contribution in [2.45, 2.75) is 19.8 Å². The van der Waals surface area contributed by atoms with E-state index in [1.165, 1.54) is 25.1 Å². The van der Waals surface area contributed by atoms with Crippen LogP contribution in [0, 0.1) is 6.92 Å². The van der Waals surface area contributed by atoms with Crippen molar-refractivity contribution in [1.29, 1.82) is 0 Å². The molecule has 0 saturated heterocycles. The molecule has 1 rings (SSSR count). The van der Waals surface area contributed by atoms with Crippen molar-refractivity contribution in [2.24, 2.45) is 0 Å². The number of Topliss-reactive ketones (excluding diaryl/α,β-unsaturated/α-hetero) is 1. The topological polar surface area (TPSA) is 43.4 Å². The molecule has 0 N–H and O–H groups in total.